The molecule has 7 heteroatoms. The minimum absolute atomic E-state index is 0.173. The molecule has 0 atom stereocenters. The molecule has 15 heavy (non-hydrogen) atoms. The van der Waals surface area contributed by atoms with Crippen molar-refractivity contribution in [3.8, 4) is 17.6 Å². The monoisotopic (exact) mass is 207 g/mol. The van der Waals surface area contributed by atoms with Gasteiger partial charge in [0.25, 0.3) is 0 Å². The average molecular weight is 207 g/mol. The molecule has 2 aromatic rings. The third-order valence-corrected chi connectivity index (χ3v) is 1.48. The van der Waals surface area contributed by atoms with Gasteiger partial charge in [0, 0.05) is 6.20 Å². The highest BCUT2D eigenvalue weighted by molar-refractivity contribution is 5.59. The molecule has 0 radical (unpaired) electrons. The molecule has 0 fully saturated rings. The van der Waals surface area contributed by atoms with Crippen LogP contribution in [0.3, 0.4) is 0 Å². The van der Waals surface area contributed by atoms with Gasteiger partial charge >= 0.3 is 12.2 Å². The zero-order valence-electron chi connectivity index (χ0n) is 7.32. The van der Waals surface area contributed by atoms with Crippen LogP contribution in [0.2, 0.25) is 0 Å². The van der Waals surface area contributed by atoms with E-state index in [1.807, 2.05) is 0 Å². The number of nitrogens with zero attached hydrogens (tertiary/aromatic N) is 3. The van der Waals surface area contributed by atoms with Gasteiger partial charge in [0.1, 0.15) is 5.69 Å². The van der Waals surface area contributed by atoms with E-state index in [1.54, 1.807) is 24.4 Å². The van der Waals surface area contributed by atoms with Crippen LogP contribution < -0.4 is 4.74 Å². The molecule has 0 aliphatic carbocycles. The molecule has 0 aliphatic rings. The highest BCUT2D eigenvalue weighted by Crippen LogP contribution is 2.15. The Kier molecular flexibility index (Phi) is 2.28. The summed E-state index contributed by atoms with van der Waals surface area (Å²) in [5.74, 6) is 0.173. The summed E-state index contributed by atoms with van der Waals surface area (Å²) < 4.78 is 8.69. The Morgan fingerprint density at radius 3 is 3.00 bits per heavy atom. The Balaban J connectivity index is 2.24. The predicted octanol–water partition coefficient (Wildman–Crippen LogP) is 1.19. The molecule has 1 N–H and O–H groups in total. The molecule has 0 unspecified atom stereocenters. The Morgan fingerprint density at radius 2 is 2.33 bits per heavy atom. The van der Waals surface area contributed by atoms with Crippen LogP contribution in [0.4, 0.5) is 4.79 Å². The fourth-order valence-corrected chi connectivity index (χ4v) is 0.925. The number of hydrogen-bond donors (Lipinski definition) is 1. The van der Waals surface area contributed by atoms with Crippen molar-refractivity contribution >= 4 is 6.16 Å². The third kappa shape index (κ3) is 2.08. The number of rotatable bonds is 2. The van der Waals surface area contributed by atoms with Gasteiger partial charge in [-0.05, 0) is 12.1 Å². The Labute approximate surface area is 83.3 Å². The lowest BCUT2D eigenvalue weighted by Gasteiger charge is -1.89. The standard InChI is InChI=1S/C8H5N3O4/c12-8(13)14-7-10-6(11-15-7)5-3-1-2-4-9-5/h1-4H,(H,12,13). The average Bonchev–Trinajstić information content (AvgIpc) is 2.67. The van der Waals surface area contributed by atoms with E-state index in [0.29, 0.717) is 5.69 Å². The number of ether oxygens (including phenoxy) is 1. The van der Waals surface area contributed by atoms with Gasteiger partial charge in [-0.15, -0.1) is 0 Å². The van der Waals surface area contributed by atoms with Gasteiger partial charge in [0.2, 0.25) is 5.82 Å². The molecule has 2 rings (SSSR count). The SMILES string of the molecule is O=C(O)Oc1nc(-c2ccccn2)no1. The summed E-state index contributed by atoms with van der Waals surface area (Å²) in [6.45, 7) is 0. The summed E-state index contributed by atoms with van der Waals surface area (Å²) in [5.41, 5.74) is 0.474. The summed E-state index contributed by atoms with van der Waals surface area (Å²) in [5, 5.41) is 11.8. The van der Waals surface area contributed by atoms with E-state index < -0.39 is 12.2 Å². The molecule has 2 heterocycles. The van der Waals surface area contributed by atoms with Crippen molar-refractivity contribution in [2.24, 2.45) is 0 Å². The molecule has 0 bridgehead atoms. The minimum Gasteiger partial charge on any atom is -0.449 e. The highest BCUT2D eigenvalue weighted by atomic mass is 16.7. The molecule has 0 aliphatic heterocycles. The van der Waals surface area contributed by atoms with Gasteiger partial charge in [-0.1, -0.05) is 11.2 Å². The lowest BCUT2D eigenvalue weighted by molar-refractivity contribution is 0.125. The number of hydrogen-bond acceptors (Lipinski definition) is 6. The van der Waals surface area contributed by atoms with Gasteiger partial charge in [-0.2, -0.15) is 4.98 Å². The van der Waals surface area contributed by atoms with Crippen molar-refractivity contribution in [1.82, 2.24) is 15.1 Å². The minimum atomic E-state index is -1.51. The van der Waals surface area contributed by atoms with Crippen molar-refractivity contribution < 1.29 is 19.2 Å². The molecular formula is C8H5N3O4. The molecule has 0 saturated carbocycles. The summed E-state index contributed by atoms with van der Waals surface area (Å²) in [6.07, 6.45) is -0.377. The van der Waals surface area contributed by atoms with E-state index in [0.717, 1.165) is 0 Å². The van der Waals surface area contributed by atoms with Gasteiger partial charge in [-0.25, -0.2) is 4.79 Å². The fraction of sp³-hybridized carbons (Fsp3) is 0. The summed E-state index contributed by atoms with van der Waals surface area (Å²) in [6, 6.07) is 5.14. The van der Waals surface area contributed by atoms with E-state index in [9.17, 15) is 4.79 Å². The summed E-state index contributed by atoms with van der Waals surface area (Å²) >= 11 is 0. The van der Waals surface area contributed by atoms with Crippen LogP contribution >= 0.6 is 0 Å². The second-order valence-electron chi connectivity index (χ2n) is 2.47. The van der Waals surface area contributed by atoms with Crippen molar-refractivity contribution in [2.75, 3.05) is 0 Å². The molecule has 76 valence electrons. The van der Waals surface area contributed by atoms with Crippen LogP contribution in [0.5, 0.6) is 6.08 Å². The van der Waals surface area contributed by atoms with Crippen LogP contribution in [-0.4, -0.2) is 26.4 Å². The number of aromatic nitrogens is 3. The van der Waals surface area contributed by atoms with E-state index in [2.05, 4.69) is 24.4 Å². The van der Waals surface area contributed by atoms with Gasteiger partial charge in [-0.3, -0.25) is 9.51 Å². The topological polar surface area (TPSA) is 98.3 Å². The number of carbonyl (C=O) groups is 1. The molecular weight excluding hydrogens is 202 g/mol. The second-order valence-corrected chi connectivity index (χ2v) is 2.47. The van der Waals surface area contributed by atoms with E-state index in [4.69, 9.17) is 5.11 Å². The van der Waals surface area contributed by atoms with E-state index in [-0.39, 0.29) is 5.82 Å². The first-order valence-electron chi connectivity index (χ1n) is 3.91. The molecule has 0 saturated heterocycles. The lowest BCUT2D eigenvalue weighted by Crippen LogP contribution is -2.02. The highest BCUT2D eigenvalue weighted by Gasteiger charge is 2.12. The third-order valence-electron chi connectivity index (χ3n) is 1.48. The smallest absolute Gasteiger partial charge is 0.449 e. The summed E-state index contributed by atoms with van der Waals surface area (Å²) in [4.78, 5) is 17.8. The zero-order valence-corrected chi connectivity index (χ0v) is 7.32. The summed E-state index contributed by atoms with van der Waals surface area (Å²) in [7, 11) is 0. The Hall–Kier alpha value is -2.44. The number of carboxylic acid groups (broad SMARTS) is 1. The van der Waals surface area contributed by atoms with Crippen LogP contribution in [0, 0.1) is 0 Å². The van der Waals surface area contributed by atoms with Crippen LogP contribution in [0.1, 0.15) is 0 Å². The maximum atomic E-state index is 10.1. The Morgan fingerprint density at radius 1 is 1.47 bits per heavy atom. The van der Waals surface area contributed by atoms with Crippen molar-refractivity contribution in [2.45, 2.75) is 0 Å². The fourth-order valence-electron chi connectivity index (χ4n) is 0.925. The first-order valence-corrected chi connectivity index (χ1v) is 3.91. The lowest BCUT2D eigenvalue weighted by atomic mass is 10.3. The van der Waals surface area contributed by atoms with Crippen molar-refractivity contribution in [3.63, 3.8) is 0 Å². The Bertz CT molecular complexity index is 468. The quantitative estimate of drug-likeness (QED) is 0.738. The van der Waals surface area contributed by atoms with Gasteiger partial charge < -0.3 is 9.84 Å². The predicted molar refractivity (Wildman–Crippen MR) is 46.2 cm³/mol. The molecule has 7 nitrogen and oxygen atoms in total. The first-order chi connectivity index (χ1) is 7.25. The van der Waals surface area contributed by atoms with Gasteiger partial charge in [0.15, 0.2) is 0 Å². The first kappa shape index (κ1) is 9.13. The zero-order chi connectivity index (χ0) is 10.7. The van der Waals surface area contributed by atoms with Crippen LogP contribution in [-0.2, 0) is 0 Å². The largest absolute Gasteiger partial charge is 0.514 e. The normalized spacial score (nSPS) is 9.87. The molecule has 0 aromatic carbocycles. The maximum Gasteiger partial charge on any atom is 0.514 e. The maximum absolute atomic E-state index is 10.1. The van der Waals surface area contributed by atoms with Crippen LogP contribution in [0.15, 0.2) is 28.9 Å². The molecule has 0 amide bonds. The van der Waals surface area contributed by atoms with E-state index >= 15 is 0 Å². The number of pyridine rings is 1. The van der Waals surface area contributed by atoms with Gasteiger partial charge in [0.05, 0.1) is 0 Å². The molecule has 0 spiro atoms. The van der Waals surface area contributed by atoms with Crippen molar-refractivity contribution in [3.05, 3.63) is 24.4 Å². The van der Waals surface area contributed by atoms with Crippen LogP contribution in [0.25, 0.3) is 11.5 Å². The second kappa shape index (κ2) is 3.74. The molecule has 2 aromatic heterocycles. The van der Waals surface area contributed by atoms with Crippen molar-refractivity contribution in [1.29, 1.82) is 0 Å². The van der Waals surface area contributed by atoms with E-state index in [1.165, 1.54) is 0 Å².